The van der Waals surface area contributed by atoms with Crippen molar-refractivity contribution in [1.29, 1.82) is 0 Å². The van der Waals surface area contributed by atoms with Crippen LogP contribution in [-0.2, 0) is 13.6 Å². The maximum absolute atomic E-state index is 11.9. The van der Waals surface area contributed by atoms with E-state index in [4.69, 9.17) is 9.05 Å². The second-order valence-corrected chi connectivity index (χ2v) is 5.43. The van der Waals surface area contributed by atoms with Gasteiger partial charge in [0, 0.05) is 14.2 Å². The van der Waals surface area contributed by atoms with E-state index in [0.717, 1.165) is 5.56 Å². The first kappa shape index (κ1) is 12.4. The molecule has 0 heterocycles. The summed E-state index contributed by atoms with van der Waals surface area (Å²) in [4.78, 5) is 0. The molecule has 0 bridgehead atoms. The Labute approximate surface area is 89.4 Å². The zero-order valence-electron chi connectivity index (χ0n) is 9.01. The first-order valence-electron chi connectivity index (χ1n) is 4.50. The second-order valence-electron chi connectivity index (χ2n) is 3.14. The molecular formula is C10H15O4P. The number of aryl methyl sites for hydroxylation is 1. The summed E-state index contributed by atoms with van der Waals surface area (Å²) in [6.07, 6.45) is 0. The minimum atomic E-state index is -3.47. The molecule has 5 heteroatoms. The highest BCUT2D eigenvalue weighted by atomic mass is 31.2. The Morgan fingerprint density at radius 1 is 1.27 bits per heavy atom. The molecule has 1 N–H and O–H groups in total. The molecule has 0 aliphatic heterocycles. The van der Waals surface area contributed by atoms with Gasteiger partial charge in [0.05, 0.1) is 0 Å². The van der Waals surface area contributed by atoms with Crippen molar-refractivity contribution < 1.29 is 18.7 Å². The van der Waals surface area contributed by atoms with Crippen LogP contribution < -0.4 is 0 Å². The summed E-state index contributed by atoms with van der Waals surface area (Å²) >= 11 is 0. The molecule has 1 aromatic carbocycles. The molecule has 1 rings (SSSR count). The van der Waals surface area contributed by atoms with E-state index in [1.807, 2.05) is 19.1 Å². The van der Waals surface area contributed by atoms with Crippen molar-refractivity contribution >= 4 is 7.60 Å². The molecule has 0 aliphatic rings. The topological polar surface area (TPSA) is 55.8 Å². The number of aliphatic hydroxyl groups excluding tert-OH is 1. The van der Waals surface area contributed by atoms with Gasteiger partial charge in [-0.1, -0.05) is 24.3 Å². The van der Waals surface area contributed by atoms with E-state index in [-0.39, 0.29) is 0 Å². The minimum Gasteiger partial charge on any atom is -0.376 e. The van der Waals surface area contributed by atoms with E-state index in [2.05, 4.69) is 0 Å². The summed E-state index contributed by atoms with van der Waals surface area (Å²) in [7, 11) is -0.954. The van der Waals surface area contributed by atoms with Gasteiger partial charge in [0.15, 0.2) is 5.85 Å². The molecule has 0 aliphatic carbocycles. The van der Waals surface area contributed by atoms with E-state index in [9.17, 15) is 9.67 Å². The highest BCUT2D eigenvalue weighted by Gasteiger charge is 2.34. The first-order valence-corrected chi connectivity index (χ1v) is 6.11. The predicted octanol–water partition coefficient (Wildman–Crippen LogP) is 2.47. The molecule has 0 unspecified atom stereocenters. The lowest BCUT2D eigenvalue weighted by molar-refractivity contribution is 0.175. The van der Waals surface area contributed by atoms with E-state index < -0.39 is 13.4 Å². The zero-order chi connectivity index (χ0) is 11.5. The molecule has 0 saturated heterocycles. The Balaban J connectivity index is 3.09. The van der Waals surface area contributed by atoms with Crippen LogP contribution in [0.15, 0.2) is 24.3 Å². The van der Waals surface area contributed by atoms with E-state index in [1.54, 1.807) is 12.1 Å². The van der Waals surface area contributed by atoms with Crippen LogP contribution in [0.25, 0.3) is 0 Å². The summed E-state index contributed by atoms with van der Waals surface area (Å²) < 4.78 is 21.4. The fraction of sp³-hybridized carbons (Fsp3) is 0.400. The third-order valence-corrected chi connectivity index (χ3v) is 4.17. The van der Waals surface area contributed by atoms with Crippen molar-refractivity contribution in [2.24, 2.45) is 0 Å². The average Bonchev–Trinajstić information content (AvgIpc) is 2.28. The number of rotatable bonds is 4. The van der Waals surface area contributed by atoms with Crippen LogP contribution in [-0.4, -0.2) is 19.3 Å². The summed E-state index contributed by atoms with van der Waals surface area (Å²) in [5.74, 6) is -1.24. The molecule has 0 fully saturated rings. The highest BCUT2D eigenvalue weighted by Crippen LogP contribution is 2.58. The monoisotopic (exact) mass is 230 g/mol. The fourth-order valence-electron chi connectivity index (χ4n) is 1.32. The molecular weight excluding hydrogens is 215 g/mol. The largest absolute Gasteiger partial charge is 0.376 e. The molecule has 0 radical (unpaired) electrons. The number of aliphatic hydroxyl groups is 1. The maximum atomic E-state index is 11.9. The SMILES string of the molecule is COP(=O)(OC)[C@H](O)c1ccccc1C. The van der Waals surface area contributed by atoms with Crippen molar-refractivity contribution in [2.45, 2.75) is 12.8 Å². The molecule has 0 amide bonds. The summed E-state index contributed by atoms with van der Waals surface area (Å²) in [5.41, 5.74) is 1.41. The second kappa shape index (κ2) is 4.90. The molecule has 4 nitrogen and oxygen atoms in total. The Kier molecular flexibility index (Phi) is 4.05. The van der Waals surface area contributed by atoms with Crippen molar-refractivity contribution in [2.75, 3.05) is 14.2 Å². The zero-order valence-corrected chi connectivity index (χ0v) is 9.90. The van der Waals surface area contributed by atoms with E-state index in [1.165, 1.54) is 14.2 Å². The number of benzene rings is 1. The van der Waals surface area contributed by atoms with Gasteiger partial charge in [-0.3, -0.25) is 4.57 Å². The lowest BCUT2D eigenvalue weighted by Gasteiger charge is -2.21. The Hall–Kier alpha value is -0.670. The molecule has 15 heavy (non-hydrogen) atoms. The highest BCUT2D eigenvalue weighted by molar-refractivity contribution is 7.54. The van der Waals surface area contributed by atoms with Gasteiger partial charge in [0.1, 0.15) is 0 Å². The smallest absolute Gasteiger partial charge is 0.362 e. The van der Waals surface area contributed by atoms with Gasteiger partial charge in [-0.05, 0) is 18.1 Å². The van der Waals surface area contributed by atoms with Crippen LogP contribution in [0.5, 0.6) is 0 Å². The number of hydrogen-bond donors (Lipinski definition) is 1. The molecule has 0 saturated carbocycles. The normalized spacial score (nSPS) is 13.9. The summed E-state index contributed by atoms with van der Waals surface area (Å²) in [6, 6.07) is 7.14. The third kappa shape index (κ3) is 2.47. The lowest BCUT2D eigenvalue weighted by atomic mass is 10.1. The van der Waals surface area contributed by atoms with E-state index >= 15 is 0 Å². The quantitative estimate of drug-likeness (QED) is 0.807. The molecule has 1 atom stereocenters. The average molecular weight is 230 g/mol. The summed E-state index contributed by atoms with van der Waals surface area (Å²) in [6.45, 7) is 1.83. The van der Waals surface area contributed by atoms with Crippen molar-refractivity contribution in [3.63, 3.8) is 0 Å². The minimum absolute atomic E-state index is 0.560. The maximum Gasteiger partial charge on any atom is 0.362 e. The van der Waals surface area contributed by atoms with Gasteiger partial charge < -0.3 is 14.2 Å². The van der Waals surface area contributed by atoms with Gasteiger partial charge in [-0.25, -0.2) is 0 Å². The Bertz CT molecular complexity index is 369. The van der Waals surface area contributed by atoms with Crippen LogP contribution in [0.4, 0.5) is 0 Å². The Morgan fingerprint density at radius 2 is 1.80 bits per heavy atom. The van der Waals surface area contributed by atoms with Crippen LogP contribution in [0.2, 0.25) is 0 Å². The lowest BCUT2D eigenvalue weighted by Crippen LogP contribution is -2.04. The van der Waals surface area contributed by atoms with Crippen molar-refractivity contribution in [1.82, 2.24) is 0 Å². The van der Waals surface area contributed by atoms with Gasteiger partial charge in [0.2, 0.25) is 0 Å². The van der Waals surface area contributed by atoms with Crippen LogP contribution in [0, 0.1) is 6.92 Å². The van der Waals surface area contributed by atoms with Crippen molar-refractivity contribution in [3.8, 4) is 0 Å². The standard InChI is InChI=1S/C10H15O4P/c1-8-6-4-5-7-9(8)10(11)15(12,13-2)14-3/h4-7,10-11H,1-3H3/t10-/m0/s1. The number of hydrogen-bond acceptors (Lipinski definition) is 4. The predicted molar refractivity (Wildman–Crippen MR) is 57.8 cm³/mol. The molecule has 84 valence electrons. The van der Waals surface area contributed by atoms with E-state index in [0.29, 0.717) is 5.56 Å². The Morgan fingerprint density at radius 3 is 2.27 bits per heavy atom. The van der Waals surface area contributed by atoms with Gasteiger partial charge >= 0.3 is 7.60 Å². The van der Waals surface area contributed by atoms with Gasteiger partial charge in [-0.2, -0.15) is 0 Å². The third-order valence-electron chi connectivity index (χ3n) is 2.28. The molecule has 0 aromatic heterocycles. The fourth-order valence-corrected chi connectivity index (χ4v) is 2.50. The van der Waals surface area contributed by atoms with Gasteiger partial charge in [-0.15, -0.1) is 0 Å². The van der Waals surface area contributed by atoms with Crippen LogP contribution >= 0.6 is 7.60 Å². The van der Waals surface area contributed by atoms with Crippen LogP contribution in [0.3, 0.4) is 0 Å². The summed E-state index contributed by atoms with van der Waals surface area (Å²) in [5, 5.41) is 9.91. The molecule has 1 aromatic rings. The first-order chi connectivity index (χ1) is 7.05. The van der Waals surface area contributed by atoms with Gasteiger partial charge in [0.25, 0.3) is 0 Å². The van der Waals surface area contributed by atoms with Crippen LogP contribution in [0.1, 0.15) is 17.0 Å². The van der Waals surface area contributed by atoms with Crippen molar-refractivity contribution in [3.05, 3.63) is 35.4 Å². The molecule has 0 spiro atoms.